The van der Waals surface area contributed by atoms with Crippen LogP contribution in [0.2, 0.25) is 4.34 Å². The lowest BCUT2D eigenvalue weighted by Crippen LogP contribution is -2.29. The molecule has 0 bridgehead atoms. The molecule has 4 aromatic rings. The molecular weight excluding hydrogens is 502 g/mol. The van der Waals surface area contributed by atoms with E-state index in [-0.39, 0.29) is 18.2 Å². The van der Waals surface area contributed by atoms with Crippen molar-refractivity contribution in [3.8, 4) is 11.4 Å². The molecule has 4 aromatic heterocycles. The zero-order valence-electron chi connectivity index (χ0n) is 19.9. The quantitative estimate of drug-likeness (QED) is 0.313. The van der Waals surface area contributed by atoms with Crippen LogP contribution in [-0.4, -0.2) is 31.2 Å². The van der Waals surface area contributed by atoms with Crippen LogP contribution < -0.4 is 10.9 Å². The molecule has 4 rings (SSSR count). The molecule has 0 fully saturated rings. The molecule has 0 saturated heterocycles. The zero-order valence-corrected chi connectivity index (χ0v) is 21.5. The number of carbonyl (C=O) groups is 2. The van der Waals surface area contributed by atoms with Gasteiger partial charge in [0.1, 0.15) is 11.5 Å². The predicted octanol–water partition coefficient (Wildman–Crippen LogP) is 5.24. The van der Waals surface area contributed by atoms with Crippen LogP contribution >= 0.6 is 22.9 Å². The van der Waals surface area contributed by atoms with Crippen LogP contribution in [-0.2, 0) is 13.1 Å². The van der Waals surface area contributed by atoms with Crippen LogP contribution in [0.4, 0.5) is 5.82 Å². The second kappa shape index (κ2) is 10.1. The minimum atomic E-state index is -0.722. The maximum absolute atomic E-state index is 13.2. The van der Waals surface area contributed by atoms with Gasteiger partial charge in [-0.05, 0) is 24.3 Å². The first-order chi connectivity index (χ1) is 17.1. The number of hydrogen-bond donors (Lipinski definition) is 1. The summed E-state index contributed by atoms with van der Waals surface area (Å²) in [5, 5.41) is 11.3. The van der Waals surface area contributed by atoms with Gasteiger partial charge in [-0.25, -0.2) is 0 Å². The molecule has 36 heavy (non-hydrogen) atoms. The Bertz CT molecular complexity index is 1490. The summed E-state index contributed by atoms with van der Waals surface area (Å²) in [7, 11) is 0. The fourth-order valence-electron chi connectivity index (χ4n) is 3.44. The lowest BCUT2D eigenvalue weighted by Gasteiger charge is -2.18. The average Bonchev–Trinajstić information content (AvgIpc) is 3.59. The van der Waals surface area contributed by atoms with Crippen molar-refractivity contribution in [1.82, 2.24) is 19.5 Å². The van der Waals surface area contributed by atoms with Crippen LogP contribution in [0.15, 0.2) is 58.5 Å². The molecule has 0 aliphatic rings. The van der Waals surface area contributed by atoms with Crippen molar-refractivity contribution in [3.05, 3.63) is 80.1 Å². The highest BCUT2D eigenvalue weighted by Gasteiger charge is 2.28. The predicted molar refractivity (Wildman–Crippen MR) is 140 cm³/mol. The molecule has 0 unspecified atom stereocenters. The summed E-state index contributed by atoms with van der Waals surface area (Å²) in [5.41, 5.74) is -0.115. The van der Waals surface area contributed by atoms with E-state index >= 15 is 0 Å². The Morgan fingerprint density at radius 1 is 1.22 bits per heavy atom. The van der Waals surface area contributed by atoms with Crippen molar-refractivity contribution in [3.63, 3.8) is 0 Å². The van der Waals surface area contributed by atoms with Crippen molar-refractivity contribution in [2.75, 3.05) is 5.32 Å². The fourth-order valence-corrected chi connectivity index (χ4v) is 4.47. The molecule has 186 valence electrons. The lowest BCUT2D eigenvalue weighted by atomic mass is 9.96. The van der Waals surface area contributed by atoms with Crippen molar-refractivity contribution in [2.45, 2.75) is 33.9 Å². The topological polar surface area (TPSA) is 112 Å². The third-order valence-corrected chi connectivity index (χ3v) is 6.55. The first-order valence-corrected chi connectivity index (χ1v) is 12.2. The number of carbonyl (C=O) groups excluding carboxylic acids is 2. The monoisotopic (exact) mass is 525 g/mol. The first kappa shape index (κ1) is 25.3. The standard InChI is InChI=1S/C25H24ClN5O4S/c1-5-15-6-8-18(30(23(15)33)14-19(32)20-10-11-28-35-20)17-12-22(27-13-16-7-9-21(26)36-16)31(29-17)24(34)25(2,3)4/h5-12,27H,1,13-14H2,2-4H3. The molecule has 9 nitrogen and oxygen atoms in total. The minimum absolute atomic E-state index is 0.0299. The summed E-state index contributed by atoms with van der Waals surface area (Å²) in [4.78, 5) is 40.1. The molecule has 0 saturated carbocycles. The lowest BCUT2D eigenvalue weighted by molar-refractivity contribution is 0.0752. The summed E-state index contributed by atoms with van der Waals surface area (Å²) < 4.78 is 8.20. The highest BCUT2D eigenvalue weighted by Crippen LogP contribution is 2.27. The van der Waals surface area contributed by atoms with Crippen molar-refractivity contribution in [1.29, 1.82) is 0 Å². The smallest absolute Gasteiger partial charge is 0.258 e. The Balaban J connectivity index is 1.79. The van der Waals surface area contributed by atoms with Crippen molar-refractivity contribution >= 4 is 46.5 Å². The fraction of sp³-hybridized carbons (Fsp3) is 0.240. The van der Waals surface area contributed by atoms with Gasteiger partial charge in [0.25, 0.3) is 11.5 Å². The van der Waals surface area contributed by atoms with E-state index in [1.165, 1.54) is 38.9 Å². The molecule has 0 aliphatic heterocycles. The van der Waals surface area contributed by atoms with Crippen molar-refractivity contribution < 1.29 is 14.1 Å². The van der Waals surface area contributed by atoms with Gasteiger partial charge in [-0.3, -0.25) is 19.0 Å². The van der Waals surface area contributed by atoms with Gasteiger partial charge < -0.3 is 9.84 Å². The summed E-state index contributed by atoms with van der Waals surface area (Å²) in [6.45, 7) is 9.18. The third kappa shape index (κ3) is 5.24. The van der Waals surface area contributed by atoms with Gasteiger partial charge in [0.15, 0.2) is 0 Å². The van der Waals surface area contributed by atoms with Crippen LogP contribution in [0.1, 0.15) is 46.6 Å². The molecular formula is C25H24ClN5O4S. The van der Waals surface area contributed by atoms with Crippen LogP contribution in [0.5, 0.6) is 0 Å². The number of rotatable bonds is 8. The number of nitrogens with zero attached hydrogens (tertiary/aromatic N) is 4. The van der Waals surface area contributed by atoms with Gasteiger partial charge >= 0.3 is 0 Å². The van der Waals surface area contributed by atoms with Crippen molar-refractivity contribution in [2.24, 2.45) is 5.41 Å². The highest BCUT2D eigenvalue weighted by atomic mass is 35.5. The number of aromatic nitrogens is 4. The second-order valence-electron chi connectivity index (χ2n) is 9.01. The molecule has 0 radical (unpaired) electrons. The molecule has 0 aliphatic carbocycles. The van der Waals surface area contributed by atoms with Gasteiger partial charge in [-0.15, -0.1) is 11.3 Å². The molecule has 0 amide bonds. The maximum atomic E-state index is 13.2. The van der Waals surface area contributed by atoms with E-state index in [4.69, 9.17) is 16.1 Å². The van der Waals surface area contributed by atoms with Gasteiger partial charge in [-0.1, -0.05) is 50.2 Å². The van der Waals surface area contributed by atoms with E-state index in [0.29, 0.717) is 33.7 Å². The van der Waals surface area contributed by atoms with Gasteiger partial charge in [0.2, 0.25) is 11.5 Å². The Morgan fingerprint density at radius 2 is 2.00 bits per heavy atom. The minimum Gasteiger partial charge on any atom is -0.365 e. The van der Waals surface area contributed by atoms with Crippen LogP contribution in [0.25, 0.3) is 17.5 Å². The number of nitrogens with one attached hydrogen (secondary N) is 1. The number of pyridine rings is 1. The SMILES string of the molecule is C=Cc1ccc(-c2cc(NCc3ccc(Cl)s3)n(C(=O)C(C)(C)C)n2)n(CC(=O)c2ccno2)c1=O. The Kier molecular flexibility index (Phi) is 7.09. The Morgan fingerprint density at radius 3 is 2.61 bits per heavy atom. The summed E-state index contributed by atoms with van der Waals surface area (Å²) in [5.74, 6) is -0.199. The second-order valence-corrected chi connectivity index (χ2v) is 10.8. The van der Waals surface area contributed by atoms with E-state index in [0.717, 1.165) is 4.88 Å². The van der Waals surface area contributed by atoms with E-state index in [1.54, 1.807) is 45.0 Å². The molecule has 0 spiro atoms. The zero-order chi connectivity index (χ0) is 26.0. The Labute approximate surface area is 216 Å². The molecule has 0 atom stereocenters. The molecule has 0 aromatic carbocycles. The Hall–Kier alpha value is -3.76. The van der Waals surface area contributed by atoms with E-state index in [1.807, 2.05) is 6.07 Å². The van der Waals surface area contributed by atoms with Crippen LogP contribution in [0, 0.1) is 5.41 Å². The number of thiophene rings is 1. The maximum Gasteiger partial charge on any atom is 0.258 e. The van der Waals surface area contributed by atoms with Gasteiger partial charge in [-0.2, -0.15) is 9.78 Å². The van der Waals surface area contributed by atoms with E-state index < -0.39 is 16.8 Å². The van der Waals surface area contributed by atoms with Gasteiger partial charge in [0, 0.05) is 28.0 Å². The third-order valence-electron chi connectivity index (χ3n) is 5.32. The number of halogens is 1. The molecule has 4 heterocycles. The molecule has 1 N–H and O–H groups in total. The first-order valence-electron chi connectivity index (χ1n) is 11.0. The normalized spacial score (nSPS) is 11.4. The van der Waals surface area contributed by atoms with E-state index in [2.05, 4.69) is 22.2 Å². The van der Waals surface area contributed by atoms with Crippen LogP contribution in [0.3, 0.4) is 0 Å². The number of hydrogen-bond acceptors (Lipinski definition) is 8. The van der Waals surface area contributed by atoms with E-state index in [9.17, 15) is 14.4 Å². The van der Waals surface area contributed by atoms with Gasteiger partial charge in [0.05, 0.1) is 29.3 Å². The summed E-state index contributed by atoms with van der Waals surface area (Å²) >= 11 is 7.47. The molecule has 11 heteroatoms. The number of Topliss-reactive ketones (excluding diaryl/α,β-unsaturated/α-hetero) is 1. The number of anilines is 1. The average molecular weight is 526 g/mol. The number of ketones is 1. The summed E-state index contributed by atoms with van der Waals surface area (Å²) in [6.07, 6.45) is 2.78. The summed E-state index contributed by atoms with van der Waals surface area (Å²) in [6, 6.07) is 10.1. The largest absolute Gasteiger partial charge is 0.365 e. The highest BCUT2D eigenvalue weighted by molar-refractivity contribution is 7.16.